The summed E-state index contributed by atoms with van der Waals surface area (Å²) in [4.78, 5) is 11.0. The molecule has 0 aliphatic rings. The normalized spacial score (nSPS) is 12.3. The molecule has 0 saturated carbocycles. The van der Waals surface area contributed by atoms with E-state index in [0.29, 0.717) is 15.6 Å². The number of carbonyl (C=O) groups excluding carboxylic acids is 1. The van der Waals surface area contributed by atoms with Gasteiger partial charge in [0.1, 0.15) is 6.10 Å². The third kappa shape index (κ3) is 2.81. The molecule has 1 N–H and O–H groups in total. The van der Waals surface area contributed by atoms with E-state index in [1.807, 2.05) is 0 Å². The summed E-state index contributed by atoms with van der Waals surface area (Å²) in [5.74, 6) is -0.270. The van der Waals surface area contributed by atoms with E-state index < -0.39 is 6.10 Å². The molecule has 0 aliphatic heterocycles. The molecule has 0 amide bonds. The van der Waals surface area contributed by atoms with Crippen molar-refractivity contribution in [2.24, 2.45) is 0 Å². The SMILES string of the molecule is C=C(C(C)=O)[C@H](O)c1ccc(Cl)cc1Cl. The summed E-state index contributed by atoms with van der Waals surface area (Å²) >= 11 is 11.6. The number of ketones is 1. The minimum Gasteiger partial charge on any atom is -0.383 e. The quantitative estimate of drug-likeness (QED) is 0.830. The zero-order valence-corrected chi connectivity index (χ0v) is 9.64. The predicted octanol–water partition coefficient (Wildman–Crippen LogP) is 3.17. The fourth-order valence-corrected chi connectivity index (χ4v) is 1.62. The van der Waals surface area contributed by atoms with Crippen molar-refractivity contribution in [3.63, 3.8) is 0 Å². The highest BCUT2D eigenvalue weighted by Crippen LogP contribution is 2.29. The van der Waals surface area contributed by atoms with Gasteiger partial charge in [-0.15, -0.1) is 0 Å². The van der Waals surface area contributed by atoms with Gasteiger partial charge in [-0.1, -0.05) is 35.8 Å². The lowest BCUT2D eigenvalue weighted by Crippen LogP contribution is -2.07. The first kappa shape index (κ1) is 12.2. The maximum atomic E-state index is 11.0. The summed E-state index contributed by atoms with van der Waals surface area (Å²) < 4.78 is 0. The smallest absolute Gasteiger partial charge is 0.158 e. The number of carbonyl (C=O) groups is 1. The number of aliphatic hydroxyl groups excluding tert-OH is 1. The zero-order chi connectivity index (χ0) is 11.6. The number of aliphatic hydroxyl groups is 1. The molecule has 0 spiro atoms. The summed E-state index contributed by atoms with van der Waals surface area (Å²) in [7, 11) is 0. The van der Waals surface area contributed by atoms with E-state index in [1.165, 1.54) is 13.0 Å². The Labute approximate surface area is 98.1 Å². The van der Waals surface area contributed by atoms with E-state index in [9.17, 15) is 9.90 Å². The van der Waals surface area contributed by atoms with Crippen LogP contribution < -0.4 is 0 Å². The van der Waals surface area contributed by atoms with E-state index in [-0.39, 0.29) is 11.4 Å². The van der Waals surface area contributed by atoms with E-state index in [4.69, 9.17) is 23.2 Å². The number of hydrogen-bond donors (Lipinski definition) is 1. The van der Waals surface area contributed by atoms with Crippen LogP contribution in [0.3, 0.4) is 0 Å². The predicted molar refractivity (Wildman–Crippen MR) is 61.2 cm³/mol. The van der Waals surface area contributed by atoms with Gasteiger partial charge in [0.25, 0.3) is 0 Å². The molecule has 80 valence electrons. The third-order valence-corrected chi connectivity index (χ3v) is 2.60. The average molecular weight is 245 g/mol. The molecule has 15 heavy (non-hydrogen) atoms. The lowest BCUT2D eigenvalue weighted by atomic mass is 10.0. The van der Waals surface area contributed by atoms with Crippen LogP contribution in [0.5, 0.6) is 0 Å². The maximum absolute atomic E-state index is 11.0. The number of halogens is 2. The molecular weight excluding hydrogens is 235 g/mol. The highest BCUT2D eigenvalue weighted by molar-refractivity contribution is 6.35. The van der Waals surface area contributed by atoms with E-state index in [1.54, 1.807) is 12.1 Å². The first-order valence-electron chi connectivity index (χ1n) is 4.26. The largest absolute Gasteiger partial charge is 0.383 e. The molecule has 0 aromatic heterocycles. The summed E-state index contributed by atoms with van der Waals surface area (Å²) in [6.45, 7) is 4.85. The van der Waals surface area contributed by atoms with Crippen LogP contribution in [-0.4, -0.2) is 10.9 Å². The minimum atomic E-state index is -1.08. The lowest BCUT2D eigenvalue weighted by Gasteiger charge is -2.13. The van der Waals surface area contributed by atoms with Gasteiger partial charge >= 0.3 is 0 Å². The fourth-order valence-electron chi connectivity index (χ4n) is 1.10. The van der Waals surface area contributed by atoms with Crippen molar-refractivity contribution in [1.82, 2.24) is 0 Å². The highest BCUT2D eigenvalue weighted by atomic mass is 35.5. The number of hydrogen-bond acceptors (Lipinski definition) is 2. The molecule has 1 aromatic carbocycles. The summed E-state index contributed by atoms with van der Waals surface area (Å²) in [6.07, 6.45) is -1.08. The Bertz CT molecular complexity index is 413. The van der Waals surface area contributed by atoms with Gasteiger partial charge in [-0.2, -0.15) is 0 Å². The topological polar surface area (TPSA) is 37.3 Å². The van der Waals surface area contributed by atoms with Crippen LogP contribution in [0.1, 0.15) is 18.6 Å². The molecule has 0 unspecified atom stereocenters. The summed E-state index contributed by atoms with van der Waals surface area (Å²) in [5, 5.41) is 10.6. The zero-order valence-electron chi connectivity index (χ0n) is 8.13. The van der Waals surface area contributed by atoms with Gasteiger partial charge in [0.15, 0.2) is 5.78 Å². The lowest BCUT2D eigenvalue weighted by molar-refractivity contribution is -0.114. The second kappa shape index (κ2) is 4.79. The first-order chi connectivity index (χ1) is 6.93. The van der Waals surface area contributed by atoms with E-state index in [2.05, 4.69) is 6.58 Å². The van der Waals surface area contributed by atoms with Crippen molar-refractivity contribution < 1.29 is 9.90 Å². The molecule has 0 radical (unpaired) electrons. The van der Waals surface area contributed by atoms with Gasteiger partial charge in [-0.05, 0) is 19.1 Å². The van der Waals surface area contributed by atoms with Gasteiger partial charge < -0.3 is 5.11 Å². The molecule has 2 nitrogen and oxygen atoms in total. The van der Waals surface area contributed by atoms with Crippen LogP contribution in [0, 0.1) is 0 Å². The maximum Gasteiger partial charge on any atom is 0.158 e. The molecule has 0 saturated heterocycles. The van der Waals surface area contributed by atoms with Crippen molar-refractivity contribution in [1.29, 1.82) is 0 Å². The van der Waals surface area contributed by atoms with Gasteiger partial charge in [0.2, 0.25) is 0 Å². The van der Waals surface area contributed by atoms with E-state index >= 15 is 0 Å². The van der Waals surface area contributed by atoms with Crippen LogP contribution in [0.15, 0.2) is 30.4 Å². The summed E-state index contributed by atoms with van der Waals surface area (Å²) in [5.41, 5.74) is 0.542. The van der Waals surface area contributed by atoms with Crippen molar-refractivity contribution in [3.8, 4) is 0 Å². The van der Waals surface area contributed by atoms with E-state index in [0.717, 1.165) is 0 Å². The third-order valence-electron chi connectivity index (χ3n) is 2.04. The van der Waals surface area contributed by atoms with Crippen molar-refractivity contribution in [2.45, 2.75) is 13.0 Å². The van der Waals surface area contributed by atoms with Crippen molar-refractivity contribution >= 4 is 29.0 Å². The molecular formula is C11H10Cl2O2. The number of Topliss-reactive ketones (excluding diaryl/α,β-unsaturated/α-hetero) is 1. The minimum absolute atomic E-state index is 0.110. The number of rotatable bonds is 3. The molecule has 0 aliphatic carbocycles. The second-order valence-electron chi connectivity index (χ2n) is 3.15. The van der Waals surface area contributed by atoms with Crippen LogP contribution in [0.25, 0.3) is 0 Å². The van der Waals surface area contributed by atoms with Crippen molar-refractivity contribution in [3.05, 3.63) is 46.0 Å². The molecule has 0 heterocycles. The molecule has 4 heteroatoms. The highest BCUT2D eigenvalue weighted by Gasteiger charge is 2.17. The van der Waals surface area contributed by atoms with Crippen LogP contribution >= 0.6 is 23.2 Å². The Balaban J connectivity index is 3.06. The van der Waals surface area contributed by atoms with Gasteiger partial charge in [0, 0.05) is 21.2 Å². The monoisotopic (exact) mass is 244 g/mol. The van der Waals surface area contributed by atoms with Gasteiger partial charge in [-0.3, -0.25) is 4.79 Å². The second-order valence-corrected chi connectivity index (χ2v) is 3.99. The van der Waals surface area contributed by atoms with Gasteiger partial charge in [0.05, 0.1) is 0 Å². The number of benzene rings is 1. The Kier molecular flexibility index (Phi) is 3.91. The first-order valence-corrected chi connectivity index (χ1v) is 5.02. The Morgan fingerprint density at radius 2 is 2.07 bits per heavy atom. The Morgan fingerprint density at radius 1 is 1.47 bits per heavy atom. The fraction of sp³-hybridized carbons (Fsp3) is 0.182. The Hall–Kier alpha value is -0.830. The molecule has 1 aromatic rings. The van der Waals surface area contributed by atoms with Crippen LogP contribution in [0.2, 0.25) is 10.0 Å². The van der Waals surface area contributed by atoms with Crippen molar-refractivity contribution in [2.75, 3.05) is 0 Å². The summed E-state index contributed by atoms with van der Waals surface area (Å²) in [6, 6.07) is 4.68. The molecule has 1 rings (SSSR count). The van der Waals surface area contributed by atoms with Gasteiger partial charge in [-0.25, -0.2) is 0 Å². The molecule has 1 atom stereocenters. The Morgan fingerprint density at radius 3 is 2.53 bits per heavy atom. The average Bonchev–Trinajstić information content (AvgIpc) is 2.15. The standard InChI is InChI=1S/C11H10Cl2O2/c1-6(7(2)14)11(15)9-4-3-8(12)5-10(9)13/h3-5,11,15H,1H2,2H3/t11-/m0/s1. The van der Waals surface area contributed by atoms with Crippen LogP contribution in [0.4, 0.5) is 0 Å². The molecule has 0 bridgehead atoms. The molecule has 0 fully saturated rings. The van der Waals surface area contributed by atoms with Crippen LogP contribution in [-0.2, 0) is 4.79 Å².